The third kappa shape index (κ3) is 3.19. The van der Waals surface area contributed by atoms with Gasteiger partial charge in [0.25, 0.3) is 10.0 Å². The van der Waals surface area contributed by atoms with Crippen molar-refractivity contribution in [3.05, 3.63) is 46.2 Å². The Balaban J connectivity index is 1.92. The zero-order valence-electron chi connectivity index (χ0n) is 12.6. The molecule has 0 unspecified atom stereocenters. The summed E-state index contributed by atoms with van der Waals surface area (Å²) >= 11 is 11.5. The Bertz CT molecular complexity index is 932. The zero-order chi connectivity index (χ0) is 17.5. The molecule has 2 heterocycles. The monoisotopic (exact) mass is 385 g/mol. The quantitative estimate of drug-likeness (QED) is 0.823. The molecular formula is C15H13Cl2N3O3S. The van der Waals surface area contributed by atoms with Gasteiger partial charge in [0.1, 0.15) is 10.0 Å². The first-order chi connectivity index (χ1) is 11.3. The van der Waals surface area contributed by atoms with Crippen LogP contribution in [0.15, 0.2) is 35.4 Å². The van der Waals surface area contributed by atoms with Crippen molar-refractivity contribution in [2.75, 3.05) is 16.2 Å². The van der Waals surface area contributed by atoms with Crippen molar-refractivity contribution in [2.24, 2.45) is 0 Å². The minimum atomic E-state index is -3.87. The molecule has 0 radical (unpaired) electrons. The summed E-state index contributed by atoms with van der Waals surface area (Å²) in [5.41, 5.74) is 2.08. The Morgan fingerprint density at radius 3 is 2.71 bits per heavy atom. The summed E-state index contributed by atoms with van der Waals surface area (Å²) in [5.74, 6) is -0.0811. The van der Waals surface area contributed by atoms with Crippen molar-refractivity contribution in [1.82, 2.24) is 4.98 Å². The van der Waals surface area contributed by atoms with E-state index in [0.29, 0.717) is 12.2 Å². The van der Waals surface area contributed by atoms with Crippen LogP contribution in [-0.4, -0.2) is 25.9 Å². The lowest BCUT2D eigenvalue weighted by Crippen LogP contribution is -2.25. The van der Waals surface area contributed by atoms with E-state index in [9.17, 15) is 13.2 Å². The molecule has 1 aliphatic rings. The molecule has 0 atom stereocenters. The van der Waals surface area contributed by atoms with Gasteiger partial charge in [-0.05, 0) is 30.2 Å². The lowest BCUT2D eigenvalue weighted by atomic mass is 10.1. The summed E-state index contributed by atoms with van der Waals surface area (Å²) < 4.78 is 27.4. The first-order valence-electron chi connectivity index (χ1n) is 7.03. The van der Waals surface area contributed by atoms with Crippen molar-refractivity contribution in [2.45, 2.75) is 18.2 Å². The molecular weight excluding hydrogens is 373 g/mol. The van der Waals surface area contributed by atoms with Gasteiger partial charge in [-0.2, -0.15) is 0 Å². The molecule has 24 heavy (non-hydrogen) atoms. The average Bonchev–Trinajstić information content (AvgIpc) is 2.92. The predicted molar refractivity (Wildman–Crippen MR) is 93.2 cm³/mol. The molecule has 0 saturated heterocycles. The number of nitrogens with zero attached hydrogens (tertiary/aromatic N) is 2. The maximum atomic E-state index is 12.4. The number of aromatic nitrogens is 1. The highest BCUT2D eigenvalue weighted by Crippen LogP contribution is 2.32. The van der Waals surface area contributed by atoms with E-state index in [-0.39, 0.29) is 21.0 Å². The van der Waals surface area contributed by atoms with Crippen LogP contribution < -0.4 is 9.62 Å². The summed E-state index contributed by atoms with van der Waals surface area (Å²) in [4.78, 5) is 16.9. The van der Waals surface area contributed by atoms with Gasteiger partial charge >= 0.3 is 0 Å². The van der Waals surface area contributed by atoms with Crippen LogP contribution in [0.1, 0.15) is 12.5 Å². The van der Waals surface area contributed by atoms with E-state index in [1.807, 2.05) is 6.07 Å². The second-order valence-electron chi connectivity index (χ2n) is 5.31. The topological polar surface area (TPSA) is 79.4 Å². The van der Waals surface area contributed by atoms with Crippen molar-refractivity contribution < 1.29 is 13.2 Å². The number of sulfonamides is 1. The molecule has 0 fully saturated rings. The van der Waals surface area contributed by atoms with Gasteiger partial charge in [0.2, 0.25) is 5.91 Å². The molecule has 1 aromatic carbocycles. The highest BCUT2D eigenvalue weighted by atomic mass is 35.5. The molecule has 1 amide bonds. The van der Waals surface area contributed by atoms with Crippen LogP contribution in [0.5, 0.6) is 0 Å². The van der Waals surface area contributed by atoms with E-state index < -0.39 is 10.0 Å². The molecule has 1 N–H and O–H groups in total. The minimum Gasteiger partial charge on any atom is -0.312 e. The largest absolute Gasteiger partial charge is 0.312 e. The fraction of sp³-hybridized carbons (Fsp3) is 0.200. The van der Waals surface area contributed by atoms with E-state index in [1.165, 1.54) is 13.0 Å². The number of fused-ring (bicyclic) bond motifs is 1. The standard InChI is InChI=1S/C15H13Cl2N3O3S/c1-9(21)20-5-4-10-2-3-11(6-14(10)20)19-24(22,23)12-7-13(16)15(17)18-8-12/h2-3,6-8,19H,4-5H2,1H3. The van der Waals surface area contributed by atoms with Gasteiger partial charge in [-0.3, -0.25) is 9.52 Å². The van der Waals surface area contributed by atoms with Crippen LogP contribution in [-0.2, 0) is 21.2 Å². The van der Waals surface area contributed by atoms with Gasteiger partial charge in [-0.25, -0.2) is 13.4 Å². The molecule has 0 saturated carbocycles. The van der Waals surface area contributed by atoms with Gasteiger partial charge in [-0.1, -0.05) is 29.3 Å². The summed E-state index contributed by atoms with van der Waals surface area (Å²) in [6.07, 6.45) is 1.88. The Morgan fingerprint density at radius 1 is 1.29 bits per heavy atom. The molecule has 126 valence electrons. The predicted octanol–water partition coefficient (Wildman–Crippen LogP) is 3.10. The number of carbonyl (C=O) groups is 1. The molecule has 6 nitrogen and oxygen atoms in total. The van der Waals surface area contributed by atoms with E-state index in [2.05, 4.69) is 9.71 Å². The van der Waals surface area contributed by atoms with Crippen LogP contribution in [0.2, 0.25) is 10.2 Å². The van der Waals surface area contributed by atoms with E-state index >= 15 is 0 Å². The molecule has 9 heteroatoms. The summed E-state index contributed by atoms with van der Waals surface area (Å²) in [6.45, 7) is 2.07. The summed E-state index contributed by atoms with van der Waals surface area (Å²) in [5, 5.41) is 0.0847. The minimum absolute atomic E-state index is 0.0326. The number of rotatable bonds is 3. The Morgan fingerprint density at radius 2 is 2.04 bits per heavy atom. The molecule has 0 spiro atoms. The number of amides is 1. The lowest BCUT2D eigenvalue weighted by molar-refractivity contribution is -0.116. The number of carbonyl (C=O) groups excluding carboxylic acids is 1. The molecule has 0 aliphatic carbocycles. The zero-order valence-corrected chi connectivity index (χ0v) is 14.9. The van der Waals surface area contributed by atoms with Crippen LogP contribution in [0.3, 0.4) is 0 Å². The van der Waals surface area contributed by atoms with Gasteiger partial charge < -0.3 is 4.90 Å². The fourth-order valence-corrected chi connectivity index (χ4v) is 3.89. The Hall–Kier alpha value is -1.83. The number of anilines is 2. The summed E-state index contributed by atoms with van der Waals surface area (Å²) in [6, 6.07) is 6.34. The number of nitrogens with one attached hydrogen (secondary N) is 1. The maximum absolute atomic E-state index is 12.4. The van der Waals surface area contributed by atoms with Crippen LogP contribution >= 0.6 is 23.2 Å². The number of pyridine rings is 1. The van der Waals surface area contributed by atoms with E-state index in [0.717, 1.165) is 23.9 Å². The average molecular weight is 386 g/mol. The van der Waals surface area contributed by atoms with Crippen LogP contribution in [0, 0.1) is 0 Å². The smallest absolute Gasteiger partial charge is 0.263 e. The Labute approximate surface area is 149 Å². The van der Waals surface area contributed by atoms with Gasteiger partial charge in [-0.15, -0.1) is 0 Å². The fourth-order valence-electron chi connectivity index (χ4n) is 2.53. The molecule has 1 aliphatic heterocycles. The van der Waals surface area contributed by atoms with E-state index in [4.69, 9.17) is 23.2 Å². The first-order valence-corrected chi connectivity index (χ1v) is 9.27. The number of halogens is 2. The van der Waals surface area contributed by atoms with Gasteiger partial charge in [0.05, 0.1) is 10.7 Å². The molecule has 2 aromatic rings. The molecule has 0 bridgehead atoms. The van der Waals surface area contributed by atoms with Crippen molar-refractivity contribution in [3.63, 3.8) is 0 Å². The molecule has 3 rings (SSSR count). The first kappa shape index (κ1) is 17.0. The summed E-state index contributed by atoms with van der Waals surface area (Å²) in [7, 11) is -3.87. The highest BCUT2D eigenvalue weighted by molar-refractivity contribution is 7.92. The lowest BCUT2D eigenvalue weighted by Gasteiger charge is -2.16. The SMILES string of the molecule is CC(=O)N1CCc2ccc(NS(=O)(=O)c3cnc(Cl)c(Cl)c3)cc21. The highest BCUT2D eigenvalue weighted by Gasteiger charge is 2.23. The second kappa shape index (κ2) is 6.23. The van der Waals surface area contributed by atoms with Crippen LogP contribution in [0.25, 0.3) is 0 Å². The third-order valence-corrected chi connectivity index (χ3v) is 5.73. The Kier molecular flexibility index (Phi) is 4.42. The van der Waals surface area contributed by atoms with Gasteiger partial charge in [0.15, 0.2) is 0 Å². The molecule has 1 aromatic heterocycles. The third-order valence-electron chi connectivity index (χ3n) is 3.69. The van der Waals surface area contributed by atoms with Crippen molar-refractivity contribution >= 4 is 50.5 Å². The van der Waals surface area contributed by atoms with Crippen molar-refractivity contribution in [1.29, 1.82) is 0 Å². The number of hydrogen-bond donors (Lipinski definition) is 1. The number of benzene rings is 1. The second-order valence-corrected chi connectivity index (χ2v) is 7.76. The maximum Gasteiger partial charge on any atom is 0.263 e. The van der Waals surface area contributed by atoms with E-state index in [1.54, 1.807) is 17.0 Å². The number of hydrogen-bond acceptors (Lipinski definition) is 4. The van der Waals surface area contributed by atoms with Crippen molar-refractivity contribution in [3.8, 4) is 0 Å². The van der Waals surface area contributed by atoms with Gasteiger partial charge in [0, 0.05) is 25.4 Å². The normalized spacial score (nSPS) is 13.7. The van der Waals surface area contributed by atoms with Crippen LogP contribution in [0.4, 0.5) is 11.4 Å².